The summed E-state index contributed by atoms with van der Waals surface area (Å²) in [6.07, 6.45) is 0. The van der Waals surface area contributed by atoms with E-state index in [1.54, 1.807) is 12.1 Å². The van der Waals surface area contributed by atoms with Gasteiger partial charge < -0.3 is 5.73 Å². The van der Waals surface area contributed by atoms with Crippen LogP contribution in [-0.2, 0) is 23.1 Å². The van der Waals surface area contributed by atoms with Crippen molar-refractivity contribution in [3.63, 3.8) is 0 Å². The van der Waals surface area contributed by atoms with Gasteiger partial charge in [0.05, 0.1) is 4.90 Å². The van der Waals surface area contributed by atoms with Crippen molar-refractivity contribution in [2.45, 2.75) is 18.0 Å². The third-order valence-corrected chi connectivity index (χ3v) is 5.30. The maximum Gasteiger partial charge on any atom is 0.242 e. The molecule has 0 heterocycles. The van der Waals surface area contributed by atoms with E-state index in [2.05, 4.69) is 20.7 Å². The van der Waals surface area contributed by atoms with Crippen LogP contribution in [0, 0.1) is 5.82 Å². The van der Waals surface area contributed by atoms with E-state index >= 15 is 0 Å². The van der Waals surface area contributed by atoms with Gasteiger partial charge in [-0.1, -0.05) is 18.2 Å². The molecule has 0 radical (unpaired) electrons. The molecule has 0 aliphatic carbocycles. The van der Waals surface area contributed by atoms with Gasteiger partial charge in [-0.05, 0) is 51.3 Å². The van der Waals surface area contributed by atoms with Crippen LogP contribution in [0.3, 0.4) is 0 Å². The number of hydrogen-bond acceptors (Lipinski definition) is 3. The van der Waals surface area contributed by atoms with Gasteiger partial charge >= 0.3 is 0 Å². The molecule has 0 aromatic heterocycles. The van der Waals surface area contributed by atoms with Gasteiger partial charge in [0.1, 0.15) is 5.82 Å². The maximum absolute atomic E-state index is 12.8. The van der Waals surface area contributed by atoms with Crippen LogP contribution < -0.4 is 10.5 Å². The van der Waals surface area contributed by atoms with Crippen LogP contribution in [0.1, 0.15) is 11.1 Å². The highest BCUT2D eigenvalue weighted by Crippen LogP contribution is 2.23. The minimum atomic E-state index is -3.68. The molecular weight excluding hydrogens is 359 g/mol. The van der Waals surface area contributed by atoms with Crippen LogP contribution in [-0.4, -0.2) is 8.42 Å². The molecule has 0 amide bonds. The largest absolute Gasteiger partial charge is 0.326 e. The lowest BCUT2D eigenvalue weighted by molar-refractivity contribution is 0.580. The molecule has 21 heavy (non-hydrogen) atoms. The van der Waals surface area contributed by atoms with E-state index in [4.69, 9.17) is 5.73 Å². The fraction of sp³-hybridized carbons (Fsp3) is 0.143. The molecule has 0 fully saturated rings. The lowest BCUT2D eigenvalue weighted by atomic mass is 10.2. The second-order valence-electron chi connectivity index (χ2n) is 4.42. The van der Waals surface area contributed by atoms with Crippen molar-refractivity contribution in [3.8, 4) is 0 Å². The van der Waals surface area contributed by atoms with Crippen molar-refractivity contribution in [3.05, 3.63) is 63.9 Å². The third kappa shape index (κ3) is 4.10. The zero-order valence-electron chi connectivity index (χ0n) is 11.0. The van der Waals surface area contributed by atoms with Gasteiger partial charge in [0.15, 0.2) is 0 Å². The lowest BCUT2D eigenvalue weighted by Crippen LogP contribution is -2.23. The van der Waals surface area contributed by atoms with Crippen molar-refractivity contribution in [1.82, 2.24) is 4.72 Å². The normalized spacial score (nSPS) is 11.6. The predicted octanol–water partition coefficient (Wildman–Crippen LogP) is 2.53. The van der Waals surface area contributed by atoms with Gasteiger partial charge in [-0.25, -0.2) is 17.5 Å². The molecule has 0 aliphatic heterocycles. The third-order valence-electron chi connectivity index (χ3n) is 2.90. The van der Waals surface area contributed by atoms with E-state index in [1.165, 1.54) is 30.3 Å². The summed E-state index contributed by atoms with van der Waals surface area (Å²) in [5.41, 5.74) is 6.92. The Morgan fingerprint density at radius 3 is 2.33 bits per heavy atom. The molecule has 112 valence electrons. The molecule has 2 rings (SSSR count). The fourth-order valence-corrected chi connectivity index (χ4v) is 3.77. The van der Waals surface area contributed by atoms with Crippen molar-refractivity contribution in [2.75, 3.05) is 0 Å². The Balaban J connectivity index is 2.20. The highest BCUT2D eigenvalue weighted by atomic mass is 79.9. The molecule has 2 aromatic rings. The molecule has 0 saturated heterocycles. The minimum absolute atomic E-state index is 0.0852. The monoisotopic (exact) mass is 372 g/mol. The Kier molecular flexibility index (Phi) is 5.10. The standard InChI is InChI=1S/C14H14BrFN2O2S/c15-13-6-3-11(8-17)7-14(13)21(19,20)18-9-10-1-4-12(16)5-2-10/h1-7,18H,8-9,17H2. The second-order valence-corrected chi connectivity index (χ2v) is 7.01. The predicted molar refractivity (Wildman–Crippen MR) is 82.5 cm³/mol. The fourth-order valence-electron chi connectivity index (χ4n) is 1.74. The quantitative estimate of drug-likeness (QED) is 0.846. The van der Waals surface area contributed by atoms with Crippen molar-refractivity contribution < 1.29 is 12.8 Å². The van der Waals surface area contributed by atoms with E-state index in [0.717, 1.165) is 5.56 Å². The number of hydrogen-bond donors (Lipinski definition) is 2. The first-order valence-corrected chi connectivity index (χ1v) is 8.42. The van der Waals surface area contributed by atoms with Crippen LogP contribution in [0.15, 0.2) is 51.8 Å². The summed E-state index contributed by atoms with van der Waals surface area (Å²) in [6, 6.07) is 10.6. The molecule has 0 saturated carbocycles. The van der Waals surface area contributed by atoms with Crippen LogP contribution in [0.25, 0.3) is 0 Å². The Bertz CT molecular complexity index is 733. The summed E-state index contributed by atoms with van der Waals surface area (Å²) in [5.74, 6) is -0.361. The average molecular weight is 373 g/mol. The van der Waals surface area contributed by atoms with Gasteiger partial charge in [0.2, 0.25) is 10.0 Å². The first-order valence-electron chi connectivity index (χ1n) is 6.15. The van der Waals surface area contributed by atoms with E-state index in [9.17, 15) is 12.8 Å². The average Bonchev–Trinajstić information content (AvgIpc) is 2.47. The second kappa shape index (κ2) is 6.65. The van der Waals surface area contributed by atoms with E-state index in [1.807, 2.05) is 0 Å². The van der Waals surface area contributed by atoms with Crippen molar-refractivity contribution in [2.24, 2.45) is 5.73 Å². The van der Waals surface area contributed by atoms with Crippen LogP contribution in [0.5, 0.6) is 0 Å². The van der Waals surface area contributed by atoms with Crippen LogP contribution in [0.4, 0.5) is 4.39 Å². The van der Waals surface area contributed by atoms with Gasteiger partial charge in [-0.2, -0.15) is 0 Å². The molecule has 0 aliphatic rings. The summed E-state index contributed by atoms with van der Waals surface area (Å²) in [4.78, 5) is 0.132. The summed E-state index contributed by atoms with van der Waals surface area (Å²) >= 11 is 3.22. The van der Waals surface area contributed by atoms with Crippen LogP contribution >= 0.6 is 15.9 Å². The summed E-state index contributed by atoms with van der Waals surface area (Å²) in [6.45, 7) is 0.343. The zero-order valence-corrected chi connectivity index (χ0v) is 13.4. The van der Waals surface area contributed by atoms with Crippen LogP contribution in [0.2, 0.25) is 0 Å². The highest BCUT2D eigenvalue weighted by Gasteiger charge is 2.17. The van der Waals surface area contributed by atoms with E-state index in [0.29, 0.717) is 10.0 Å². The number of halogens is 2. The van der Waals surface area contributed by atoms with E-state index < -0.39 is 10.0 Å². The highest BCUT2D eigenvalue weighted by molar-refractivity contribution is 9.10. The number of benzene rings is 2. The molecule has 0 spiro atoms. The topological polar surface area (TPSA) is 72.2 Å². The van der Waals surface area contributed by atoms with E-state index in [-0.39, 0.29) is 23.8 Å². The smallest absolute Gasteiger partial charge is 0.242 e. The van der Waals surface area contributed by atoms with Gasteiger partial charge in [-0.15, -0.1) is 0 Å². The summed E-state index contributed by atoms with van der Waals surface area (Å²) < 4.78 is 40.4. The Labute approximate surface area is 131 Å². The van der Waals surface area contributed by atoms with Crippen molar-refractivity contribution in [1.29, 1.82) is 0 Å². The molecular formula is C14H14BrFN2O2S. The molecule has 0 bridgehead atoms. The first kappa shape index (κ1) is 16.1. The molecule has 4 nitrogen and oxygen atoms in total. The van der Waals surface area contributed by atoms with Crippen molar-refractivity contribution >= 4 is 26.0 Å². The Morgan fingerprint density at radius 1 is 1.10 bits per heavy atom. The molecule has 3 N–H and O–H groups in total. The SMILES string of the molecule is NCc1ccc(Br)c(S(=O)(=O)NCc2ccc(F)cc2)c1. The van der Waals surface area contributed by atoms with Gasteiger partial charge in [0, 0.05) is 17.6 Å². The van der Waals surface area contributed by atoms with Gasteiger partial charge in [0.25, 0.3) is 0 Å². The number of nitrogens with two attached hydrogens (primary N) is 1. The Hall–Kier alpha value is -1.28. The summed E-state index contributed by atoms with van der Waals surface area (Å²) in [7, 11) is -3.68. The number of rotatable bonds is 5. The maximum atomic E-state index is 12.8. The molecule has 2 aromatic carbocycles. The number of sulfonamides is 1. The Morgan fingerprint density at radius 2 is 1.71 bits per heavy atom. The lowest BCUT2D eigenvalue weighted by Gasteiger charge is -2.10. The van der Waals surface area contributed by atoms with Gasteiger partial charge in [-0.3, -0.25) is 0 Å². The molecule has 0 atom stereocenters. The molecule has 0 unspecified atom stereocenters. The minimum Gasteiger partial charge on any atom is -0.326 e. The zero-order chi connectivity index (χ0) is 15.5. The summed E-state index contributed by atoms with van der Waals surface area (Å²) in [5, 5.41) is 0. The molecule has 7 heteroatoms. The first-order chi connectivity index (χ1) is 9.92. The number of nitrogens with one attached hydrogen (secondary N) is 1.